The summed E-state index contributed by atoms with van der Waals surface area (Å²) in [6.45, 7) is 3.06. The van der Waals surface area contributed by atoms with Gasteiger partial charge in [-0.05, 0) is 73.4 Å². The highest BCUT2D eigenvalue weighted by Crippen LogP contribution is 2.24. The number of nitrogens with zero attached hydrogens (tertiary/aromatic N) is 1. The summed E-state index contributed by atoms with van der Waals surface area (Å²) in [4.78, 5) is 14.5. The van der Waals surface area contributed by atoms with Crippen molar-refractivity contribution in [3.8, 4) is 0 Å². The molecule has 20 heavy (non-hydrogen) atoms. The first-order valence-corrected chi connectivity index (χ1v) is 7.88. The number of benzene rings is 1. The third-order valence-corrected chi connectivity index (χ3v) is 4.83. The van der Waals surface area contributed by atoms with Gasteiger partial charge in [-0.15, -0.1) is 0 Å². The maximum atomic E-state index is 12.1. The minimum Gasteiger partial charge on any atom is -0.398 e. The number of rotatable bonds is 4. The van der Waals surface area contributed by atoms with Crippen molar-refractivity contribution in [2.24, 2.45) is 5.92 Å². The van der Waals surface area contributed by atoms with E-state index in [2.05, 4.69) is 33.2 Å². The highest BCUT2D eigenvalue weighted by molar-refractivity contribution is 9.10. The van der Waals surface area contributed by atoms with Gasteiger partial charge in [-0.2, -0.15) is 0 Å². The summed E-state index contributed by atoms with van der Waals surface area (Å²) in [5.74, 6) is 0.674. The Hall–Kier alpha value is -1.07. The molecule has 3 N–H and O–H groups in total. The van der Waals surface area contributed by atoms with Gasteiger partial charge in [0.1, 0.15) is 0 Å². The van der Waals surface area contributed by atoms with Gasteiger partial charge in [-0.25, -0.2) is 0 Å². The van der Waals surface area contributed by atoms with Crippen molar-refractivity contribution in [2.45, 2.75) is 19.3 Å². The Labute approximate surface area is 128 Å². The Morgan fingerprint density at radius 2 is 2.15 bits per heavy atom. The molecule has 4 nitrogen and oxygen atoms in total. The molecule has 0 unspecified atom stereocenters. The molecular formula is C15H22BrN3O. The lowest BCUT2D eigenvalue weighted by atomic mass is 9.94. The van der Waals surface area contributed by atoms with Gasteiger partial charge in [0.25, 0.3) is 5.91 Å². The van der Waals surface area contributed by atoms with Crippen molar-refractivity contribution >= 4 is 27.5 Å². The fourth-order valence-electron chi connectivity index (χ4n) is 2.56. The van der Waals surface area contributed by atoms with E-state index in [0.717, 1.165) is 18.9 Å². The molecule has 0 radical (unpaired) electrons. The minimum absolute atomic E-state index is 0.0582. The number of anilines is 1. The second kappa shape index (κ2) is 7.09. The van der Waals surface area contributed by atoms with Crippen LogP contribution in [0.3, 0.4) is 0 Å². The maximum Gasteiger partial charge on any atom is 0.252 e. The van der Waals surface area contributed by atoms with Gasteiger partial charge >= 0.3 is 0 Å². The molecule has 110 valence electrons. The van der Waals surface area contributed by atoms with E-state index >= 15 is 0 Å². The van der Waals surface area contributed by atoms with Crippen LogP contribution in [0.25, 0.3) is 0 Å². The Morgan fingerprint density at radius 3 is 2.85 bits per heavy atom. The van der Waals surface area contributed by atoms with Crippen LogP contribution in [0.15, 0.2) is 22.7 Å². The molecule has 1 saturated heterocycles. The number of piperidine rings is 1. The molecule has 0 atom stereocenters. The van der Waals surface area contributed by atoms with Crippen molar-refractivity contribution < 1.29 is 4.79 Å². The van der Waals surface area contributed by atoms with Crippen molar-refractivity contribution in [3.63, 3.8) is 0 Å². The number of nitrogen functional groups attached to an aromatic ring is 1. The number of amides is 1. The van der Waals surface area contributed by atoms with Crippen LogP contribution in [0, 0.1) is 5.92 Å². The minimum atomic E-state index is -0.0582. The lowest BCUT2D eigenvalue weighted by Crippen LogP contribution is -2.32. The number of hydrogen-bond donors (Lipinski definition) is 2. The lowest BCUT2D eigenvalue weighted by molar-refractivity contribution is 0.0948. The number of nitrogens with two attached hydrogens (primary N) is 1. The molecule has 1 aliphatic heterocycles. The van der Waals surface area contributed by atoms with E-state index in [1.807, 2.05) is 0 Å². The summed E-state index contributed by atoms with van der Waals surface area (Å²) in [7, 11) is 2.16. The molecule has 2 rings (SSSR count). The van der Waals surface area contributed by atoms with E-state index in [1.54, 1.807) is 18.2 Å². The van der Waals surface area contributed by atoms with Gasteiger partial charge in [0.15, 0.2) is 0 Å². The van der Waals surface area contributed by atoms with Crippen LogP contribution < -0.4 is 11.1 Å². The van der Waals surface area contributed by atoms with E-state index in [4.69, 9.17) is 5.73 Å². The van der Waals surface area contributed by atoms with Crippen LogP contribution in [0.4, 0.5) is 5.69 Å². The zero-order chi connectivity index (χ0) is 14.5. The summed E-state index contributed by atoms with van der Waals surface area (Å²) in [5.41, 5.74) is 6.98. The Balaban J connectivity index is 1.79. The largest absolute Gasteiger partial charge is 0.398 e. The molecule has 1 aromatic carbocycles. The number of hydrogen-bond acceptors (Lipinski definition) is 3. The molecule has 1 heterocycles. The van der Waals surface area contributed by atoms with Crippen LogP contribution in [-0.2, 0) is 0 Å². The zero-order valence-corrected chi connectivity index (χ0v) is 13.4. The Kier molecular flexibility index (Phi) is 5.43. The summed E-state index contributed by atoms with van der Waals surface area (Å²) in [6.07, 6.45) is 3.52. The maximum absolute atomic E-state index is 12.1. The van der Waals surface area contributed by atoms with E-state index in [9.17, 15) is 4.79 Å². The van der Waals surface area contributed by atoms with Crippen molar-refractivity contribution in [2.75, 3.05) is 32.4 Å². The van der Waals surface area contributed by atoms with Crippen LogP contribution >= 0.6 is 15.9 Å². The van der Waals surface area contributed by atoms with E-state index in [-0.39, 0.29) is 5.91 Å². The van der Waals surface area contributed by atoms with Crippen LogP contribution in [-0.4, -0.2) is 37.5 Å². The number of carbonyl (C=O) groups is 1. The first-order valence-electron chi connectivity index (χ1n) is 7.08. The van der Waals surface area contributed by atoms with E-state index in [0.29, 0.717) is 15.7 Å². The topological polar surface area (TPSA) is 58.4 Å². The highest BCUT2D eigenvalue weighted by atomic mass is 79.9. The quantitative estimate of drug-likeness (QED) is 0.828. The summed E-state index contributed by atoms with van der Waals surface area (Å²) in [5, 5.41) is 2.99. The predicted octanol–water partition coefficient (Wildman–Crippen LogP) is 2.49. The predicted molar refractivity (Wildman–Crippen MR) is 85.7 cm³/mol. The molecule has 0 bridgehead atoms. The number of nitrogens with one attached hydrogen (secondary N) is 1. The molecule has 1 aromatic rings. The average Bonchev–Trinajstić information content (AvgIpc) is 2.44. The Morgan fingerprint density at radius 1 is 1.45 bits per heavy atom. The molecule has 0 aliphatic carbocycles. The van der Waals surface area contributed by atoms with Gasteiger partial charge in [-0.1, -0.05) is 6.07 Å². The van der Waals surface area contributed by atoms with Gasteiger partial charge in [-0.3, -0.25) is 4.79 Å². The lowest BCUT2D eigenvalue weighted by Gasteiger charge is -2.28. The summed E-state index contributed by atoms with van der Waals surface area (Å²) < 4.78 is 0.678. The molecule has 1 aliphatic rings. The standard InChI is InChI=1S/C15H22BrN3O/c1-19-9-6-11(7-10-19)5-8-18-15(20)12-3-2-4-13(17)14(12)16/h2-4,11H,5-10,17H2,1H3,(H,18,20). The van der Waals surface area contributed by atoms with Crippen LogP contribution in [0.1, 0.15) is 29.6 Å². The third kappa shape index (κ3) is 3.96. The number of halogens is 1. The van der Waals surface area contributed by atoms with Crippen LogP contribution in [0.5, 0.6) is 0 Å². The SMILES string of the molecule is CN1CCC(CCNC(=O)c2cccc(N)c2Br)CC1. The van der Waals surface area contributed by atoms with E-state index in [1.165, 1.54) is 25.9 Å². The molecule has 1 fully saturated rings. The van der Waals surface area contributed by atoms with Crippen molar-refractivity contribution in [1.82, 2.24) is 10.2 Å². The van der Waals surface area contributed by atoms with Gasteiger partial charge in [0, 0.05) is 12.2 Å². The summed E-state index contributed by atoms with van der Waals surface area (Å²) in [6, 6.07) is 5.36. The zero-order valence-electron chi connectivity index (χ0n) is 11.9. The van der Waals surface area contributed by atoms with Gasteiger partial charge in [0.2, 0.25) is 0 Å². The summed E-state index contributed by atoms with van der Waals surface area (Å²) >= 11 is 3.36. The monoisotopic (exact) mass is 339 g/mol. The molecule has 0 aromatic heterocycles. The molecule has 0 spiro atoms. The molecule has 1 amide bonds. The second-order valence-electron chi connectivity index (χ2n) is 5.50. The highest BCUT2D eigenvalue weighted by Gasteiger charge is 2.17. The van der Waals surface area contributed by atoms with Crippen LogP contribution in [0.2, 0.25) is 0 Å². The fraction of sp³-hybridized carbons (Fsp3) is 0.533. The molecule has 5 heteroatoms. The first kappa shape index (κ1) is 15.3. The van der Waals surface area contributed by atoms with Crippen molar-refractivity contribution in [1.29, 1.82) is 0 Å². The van der Waals surface area contributed by atoms with Crippen molar-refractivity contribution in [3.05, 3.63) is 28.2 Å². The Bertz CT molecular complexity index is 470. The normalized spacial score (nSPS) is 17.1. The van der Waals surface area contributed by atoms with Gasteiger partial charge in [0.05, 0.1) is 10.0 Å². The number of likely N-dealkylation sites (tertiary alicyclic amines) is 1. The molecule has 0 saturated carbocycles. The third-order valence-electron chi connectivity index (χ3n) is 3.95. The first-order chi connectivity index (χ1) is 9.58. The average molecular weight is 340 g/mol. The van der Waals surface area contributed by atoms with E-state index < -0.39 is 0 Å². The second-order valence-corrected chi connectivity index (χ2v) is 6.29. The smallest absolute Gasteiger partial charge is 0.252 e. The van der Waals surface area contributed by atoms with Gasteiger partial charge < -0.3 is 16.0 Å². The fourth-order valence-corrected chi connectivity index (χ4v) is 3.01. The number of carbonyl (C=O) groups excluding carboxylic acids is 1. The molecular weight excluding hydrogens is 318 g/mol.